The van der Waals surface area contributed by atoms with E-state index in [0.29, 0.717) is 19.7 Å². The van der Waals surface area contributed by atoms with Gasteiger partial charge >= 0.3 is 0 Å². The van der Waals surface area contributed by atoms with Crippen LogP contribution in [0.5, 0.6) is 0 Å². The van der Waals surface area contributed by atoms with Gasteiger partial charge in [-0.2, -0.15) is 0 Å². The van der Waals surface area contributed by atoms with Crippen LogP contribution in [0.25, 0.3) is 0 Å². The van der Waals surface area contributed by atoms with Gasteiger partial charge in [0.25, 0.3) is 0 Å². The van der Waals surface area contributed by atoms with Gasteiger partial charge in [0.15, 0.2) is 0 Å². The second-order valence-electron chi connectivity index (χ2n) is 2.88. The second kappa shape index (κ2) is 3.32. The van der Waals surface area contributed by atoms with Crippen molar-refractivity contribution >= 4 is 0 Å². The van der Waals surface area contributed by atoms with Crippen LogP contribution in [0, 0.1) is 0 Å². The Bertz CT molecular complexity index is 102. The first kappa shape index (κ1) is 7.98. The molecule has 3 heteroatoms. The summed E-state index contributed by atoms with van der Waals surface area (Å²) in [6, 6.07) is 0. The van der Waals surface area contributed by atoms with Gasteiger partial charge in [-0.05, 0) is 6.42 Å². The van der Waals surface area contributed by atoms with Gasteiger partial charge in [-0.15, -0.1) is 0 Å². The number of rotatable bonds is 4. The normalized spacial score (nSPS) is 22.2. The molecule has 0 saturated carbocycles. The highest BCUT2D eigenvalue weighted by atomic mass is 16.5. The fraction of sp³-hybridized carbons (Fsp3) is 1.00. The van der Waals surface area contributed by atoms with E-state index >= 15 is 0 Å². The Morgan fingerprint density at radius 1 is 1.60 bits per heavy atom. The van der Waals surface area contributed by atoms with E-state index in [1.807, 2.05) is 0 Å². The predicted molar refractivity (Wildman–Crippen MR) is 38.9 cm³/mol. The first-order chi connectivity index (χ1) is 4.77. The van der Waals surface area contributed by atoms with E-state index in [4.69, 9.17) is 4.74 Å². The van der Waals surface area contributed by atoms with Crippen LogP contribution in [0.3, 0.4) is 0 Å². The molecule has 10 heavy (non-hydrogen) atoms. The molecule has 1 aliphatic heterocycles. The summed E-state index contributed by atoms with van der Waals surface area (Å²) in [5.41, 5.74) is -0.560. The van der Waals surface area contributed by atoms with Crippen molar-refractivity contribution in [3.63, 3.8) is 0 Å². The molecule has 0 unspecified atom stereocenters. The highest BCUT2D eigenvalue weighted by molar-refractivity contribution is 4.92. The first-order valence-corrected chi connectivity index (χ1v) is 3.78. The van der Waals surface area contributed by atoms with Crippen molar-refractivity contribution in [2.24, 2.45) is 0 Å². The van der Waals surface area contributed by atoms with E-state index in [1.54, 1.807) is 0 Å². The molecule has 0 atom stereocenters. The fourth-order valence-corrected chi connectivity index (χ4v) is 0.922. The molecule has 3 nitrogen and oxygen atoms in total. The number of nitrogens with one attached hydrogen (secondary N) is 1. The van der Waals surface area contributed by atoms with Gasteiger partial charge in [-0.25, -0.2) is 0 Å². The summed E-state index contributed by atoms with van der Waals surface area (Å²) in [5.74, 6) is 0. The molecule has 2 N–H and O–H groups in total. The van der Waals surface area contributed by atoms with Gasteiger partial charge in [0.2, 0.25) is 0 Å². The summed E-state index contributed by atoms with van der Waals surface area (Å²) >= 11 is 0. The molecule has 0 aromatic heterocycles. The van der Waals surface area contributed by atoms with Gasteiger partial charge in [0.1, 0.15) is 5.60 Å². The molecule has 60 valence electrons. The molecular formula is C7H15NO2. The van der Waals surface area contributed by atoms with Crippen molar-refractivity contribution in [3.05, 3.63) is 0 Å². The predicted octanol–water partition coefficient (Wildman–Crippen LogP) is -0.253. The fourth-order valence-electron chi connectivity index (χ4n) is 0.922. The number of β-amino-alcohol motifs (C(OH)–C–C–N with tert-alkyl or cyclic N) is 1. The first-order valence-electron chi connectivity index (χ1n) is 3.78. The maximum Gasteiger partial charge on any atom is 0.113 e. The van der Waals surface area contributed by atoms with Gasteiger partial charge in [-0.3, -0.25) is 0 Å². The van der Waals surface area contributed by atoms with E-state index in [-0.39, 0.29) is 0 Å². The molecule has 1 aliphatic rings. The van der Waals surface area contributed by atoms with Gasteiger partial charge in [0.05, 0.1) is 6.61 Å². The number of hydrogen-bond acceptors (Lipinski definition) is 3. The van der Waals surface area contributed by atoms with Crippen molar-refractivity contribution in [1.82, 2.24) is 5.32 Å². The van der Waals surface area contributed by atoms with Crippen LogP contribution in [0.2, 0.25) is 0 Å². The molecule has 0 aromatic carbocycles. The molecule has 0 amide bonds. The molecule has 1 rings (SSSR count). The minimum absolute atomic E-state index is 0.480. The molecule has 1 heterocycles. The summed E-state index contributed by atoms with van der Waals surface area (Å²) in [7, 11) is 0. The average molecular weight is 145 g/mol. The lowest BCUT2D eigenvalue weighted by Crippen LogP contribution is -2.62. The highest BCUT2D eigenvalue weighted by Gasteiger charge is 2.34. The van der Waals surface area contributed by atoms with Crippen LogP contribution >= 0.6 is 0 Å². The smallest absolute Gasteiger partial charge is 0.113 e. The van der Waals surface area contributed by atoms with Crippen molar-refractivity contribution in [2.45, 2.75) is 18.9 Å². The maximum absolute atomic E-state index is 9.45. The average Bonchev–Trinajstić information content (AvgIpc) is 1.85. The summed E-state index contributed by atoms with van der Waals surface area (Å²) in [4.78, 5) is 0. The Morgan fingerprint density at radius 3 is 2.70 bits per heavy atom. The van der Waals surface area contributed by atoms with Crippen LogP contribution < -0.4 is 5.32 Å². The standard InChI is InChI=1S/C7H15NO2/c1-2-3-10-6-7(9)4-8-5-7/h8-9H,2-6H2,1H3. The van der Waals surface area contributed by atoms with Crippen molar-refractivity contribution in [2.75, 3.05) is 26.3 Å². The van der Waals surface area contributed by atoms with Crippen LogP contribution in [-0.2, 0) is 4.74 Å². The van der Waals surface area contributed by atoms with Gasteiger partial charge in [-0.1, -0.05) is 6.92 Å². The lowest BCUT2D eigenvalue weighted by atomic mass is 9.99. The minimum Gasteiger partial charge on any atom is -0.385 e. The minimum atomic E-state index is -0.560. The third-order valence-electron chi connectivity index (χ3n) is 1.63. The van der Waals surface area contributed by atoms with Crippen LogP contribution in [0.4, 0.5) is 0 Å². The van der Waals surface area contributed by atoms with Crippen LogP contribution in [0.1, 0.15) is 13.3 Å². The third kappa shape index (κ3) is 1.94. The number of aliphatic hydroxyl groups is 1. The molecule has 1 saturated heterocycles. The molecule has 0 aliphatic carbocycles. The van der Waals surface area contributed by atoms with Gasteiger partial charge in [0, 0.05) is 19.7 Å². The quantitative estimate of drug-likeness (QED) is 0.536. The topological polar surface area (TPSA) is 41.5 Å². The third-order valence-corrected chi connectivity index (χ3v) is 1.63. The van der Waals surface area contributed by atoms with Crippen LogP contribution in [-0.4, -0.2) is 37.0 Å². The number of ether oxygens (including phenoxy) is 1. The van der Waals surface area contributed by atoms with E-state index in [0.717, 1.165) is 13.0 Å². The summed E-state index contributed by atoms with van der Waals surface area (Å²) < 4.78 is 5.20. The summed E-state index contributed by atoms with van der Waals surface area (Å²) in [5, 5.41) is 12.4. The molecular weight excluding hydrogens is 130 g/mol. The van der Waals surface area contributed by atoms with Gasteiger partial charge < -0.3 is 15.2 Å². The molecule has 0 bridgehead atoms. The molecule has 0 aromatic rings. The second-order valence-corrected chi connectivity index (χ2v) is 2.88. The Labute approximate surface area is 61.4 Å². The zero-order valence-corrected chi connectivity index (χ0v) is 6.39. The van der Waals surface area contributed by atoms with Crippen molar-refractivity contribution in [1.29, 1.82) is 0 Å². The molecule has 1 fully saturated rings. The molecule has 0 spiro atoms. The maximum atomic E-state index is 9.45. The van der Waals surface area contributed by atoms with Crippen LogP contribution in [0.15, 0.2) is 0 Å². The van der Waals surface area contributed by atoms with E-state index < -0.39 is 5.60 Å². The lowest BCUT2D eigenvalue weighted by Gasteiger charge is -2.37. The van der Waals surface area contributed by atoms with E-state index in [1.165, 1.54) is 0 Å². The summed E-state index contributed by atoms with van der Waals surface area (Å²) in [6.45, 7) is 4.65. The Kier molecular flexibility index (Phi) is 2.65. The largest absolute Gasteiger partial charge is 0.385 e. The van der Waals surface area contributed by atoms with Crippen molar-refractivity contribution < 1.29 is 9.84 Å². The van der Waals surface area contributed by atoms with Crippen molar-refractivity contribution in [3.8, 4) is 0 Å². The van der Waals surface area contributed by atoms with E-state index in [2.05, 4.69) is 12.2 Å². The zero-order chi connectivity index (χ0) is 7.45. The number of hydrogen-bond donors (Lipinski definition) is 2. The summed E-state index contributed by atoms with van der Waals surface area (Å²) in [6.07, 6.45) is 1.02. The highest BCUT2D eigenvalue weighted by Crippen LogP contribution is 2.09. The monoisotopic (exact) mass is 145 g/mol. The van der Waals surface area contributed by atoms with E-state index in [9.17, 15) is 5.11 Å². The molecule has 0 radical (unpaired) electrons. The Balaban J connectivity index is 2.01. The Hall–Kier alpha value is -0.120. The zero-order valence-electron chi connectivity index (χ0n) is 6.39. The Morgan fingerprint density at radius 2 is 2.30 bits per heavy atom. The lowest BCUT2D eigenvalue weighted by molar-refractivity contribution is -0.0778. The SMILES string of the molecule is CCCOCC1(O)CNC1.